The zero-order valence-corrected chi connectivity index (χ0v) is 10.2. The lowest BCUT2D eigenvalue weighted by atomic mass is 10.2. The predicted octanol–water partition coefficient (Wildman–Crippen LogP) is 0.538. The fourth-order valence-corrected chi connectivity index (χ4v) is 1.61. The standard InChI is InChI=1S/C10H16ClN3O2/c1-7-8(2)10(13-12-9(7)11)14(3-5-15)4-6-16/h15-16H,3-6H2,1-2H3. The van der Waals surface area contributed by atoms with Gasteiger partial charge in [-0.3, -0.25) is 0 Å². The van der Waals surface area contributed by atoms with Crippen molar-refractivity contribution in [2.24, 2.45) is 0 Å². The predicted molar refractivity (Wildman–Crippen MR) is 62.9 cm³/mol. The highest BCUT2D eigenvalue weighted by molar-refractivity contribution is 6.30. The number of nitrogens with zero attached hydrogens (tertiary/aromatic N) is 3. The molecule has 0 aliphatic carbocycles. The first kappa shape index (κ1) is 13.2. The van der Waals surface area contributed by atoms with Gasteiger partial charge in [-0.25, -0.2) is 0 Å². The minimum absolute atomic E-state index is 0.00277. The van der Waals surface area contributed by atoms with Gasteiger partial charge in [-0.1, -0.05) is 11.6 Å². The zero-order chi connectivity index (χ0) is 12.1. The van der Waals surface area contributed by atoms with Crippen molar-refractivity contribution in [3.05, 3.63) is 16.3 Å². The van der Waals surface area contributed by atoms with Crippen LogP contribution < -0.4 is 4.90 Å². The lowest BCUT2D eigenvalue weighted by molar-refractivity contribution is 0.280. The van der Waals surface area contributed by atoms with E-state index in [-0.39, 0.29) is 13.2 Å². The number of aliphatic hydroxyl groups is 2. The lowest BCUT2D eigenvalue weighted by Gasteiger charge is -2.23. The largest absolute Gasteiger partial charge is 0.395 e. The Bertz CT molecular complexity index is 354. The van der Waals surface area contributed by atoms with Crippen molar-refractivity contribution in [2.45, 2.75) is 13.8 Å². The Morgan fingerprint density at radius 3 is 2.12 bits per heavy atom. The molecule has 0 saturated carbocycles. The molecule has 1 heterocycles. The van der Waals surface area contributed by atoms with Gasteiger partial charge in [-0.05, 0) is 25.0 Å². The summed E-state index contributed by atoms with van der Waals surface area (Å²) in [5.41, 5.74) is 1.79. The molecule has 90 valence electrons. The van der Waals surface area contributed by atoms with Gasteiger partial charge in [-0.2, -0.15) is 0 Å². The number of halogens is 1. The second kappa shape index (κ2) is 5.98. The minimum Gasteiger partial charge on any atom is -0.395 e. The maximum atomic E-state index is 8.94. The van der Waals surface area contributed by atoms with Crippen LogP contribution in [0.15, 0.2) is 0 Å². The second-order valence-corrected chi connectivity index (χ2v) is 3.86. The van der Waals surface area contributed by atoms with E-state index in [1.54, 1.807) is 4.90 Å². The van der Waals surface area contributed by atoms with Crippen LogP contribution in [0.4, 0.5) is 5.82 Å². The summed E-state index contributed by atoms with van der Waals surface area (Å²) in [6.07, 6.45) is 0. The Kier molecular flexibility index (Phi) is 4.92. The van der Waals surface area contributed by atoms with E-state index in [9.17, 15) is 0 Å². The number of rotatable bonds is 5. The van der Waals surface area contributed by atoms with E-state index < -0.39 is 0 Å². The van der Waals surface area contributed by atoms with Crippen molar-refractivity contribution in [1.29, 1.82) is 0 Å². The first-order valence-electron chi connectivity index (χ1n) is 5.07. The van der Waals surface area contributed by atoms with Crippen LogP contribution in [-0.2, 0) is 0 Å². The molecule has 0 aromatic carbocycles. The summed E-state index contributed by atoms with van der Waals surface area (Å²) in [5, 5.41) is 26.1. The number of anilines is 1. The highest BCUT2D eigenvalue weighted by Crippen LogP contribution is 2.23. The number of hydrogen-bond donors (Lipinski definition) is 2. The first-order chi connectivity index (χ1) is 7.61. The molecular weight excluding hydrogens is 230 g/mol. The molecule has 0 saturated heterocycles. The monoisotopic (exact) mass is 245 g/mol. The van der Waals surface area contributed by atoms with Crippen LogP contribution in [0.5, 0.6) is 0 Å². The van der Waals surface area contributed by atoms with E-state index in [2.05, 4.69) is 10.2 Å². The topological polar surface area (TPSA) is 69.5 Å². The Labute approximate surface area is 99.7 Å². The summed E-state index contributed by atoms with van der Waals surface area (Å²) in [6.45, 7) is 4.60. The minimum atomic E-state index is 0.00277. The van der Waals surface area contributed by atoms with Gasteiger partial charge >= 0.3 is 0 Å². The molecule has 5 nitrogen and oxygen atoms in total. The molecule has 2 N–H and O–H groups in total. The van der Waals surface area contributed by atoms with Crippen molar-refractivity contribution in [2.75, 3.05) is 31.2 Å². The van der Waals surface area contributed by atoms with Crippen LogP contribution in [0.25, 0.3) is 0 Å². The molecule has 1 aromatic rings. The maximum Gasteiger partial charge on any atom is 0.155 e. The molecule has 0 aliphatic rings. The third-order valence-corrected chi connectivity index (χ3v) is 2.84. The van der Waals surface area contributed by atoms with Crippen LogP contribution >= 0.6 is 11.6 Å². The van der Waals surface area contributed by atoms with E-state index >= 15 is 0 Å². The fourth-order valence-electron chi connectivity index (χ4n) is 1.43. The summed E-state index contributed by atoms with van der Waals surface area (Å²) in [4.78, 5) is 1.78. The van der Waals surface area contributed by atoms with Gasteiger partial charge in [0.1, 0.15) is 0 Å². The normalized spacial score (nSPS) is 10.6. The van der Waals surface area contributed by atoms with E-state index in [1.807, 2.05) is 13.8 Å². The maximum absolute atomic E-state index is 8.94. The summed E-state index contributed by atoms with van der Waals surface area (Å²) in [6, 6.07) is 0. The van der Waals surface area contributed by atoms with Crippen molar-refractivity contribution < 1.29 is 10.2 Å². The molecule has 0 fully saturated rings. The van der Waals surface area contributed by atoms with Gasteiger partial charge in [0.15, 0.2) is 11.0 Å². The van der Waals surface area contributed by atoms with Crippen molar-refractivity contribution >= 4 is 17.4 Å². The summed E-state index contributed by atoms with van der Waals surface area (Å²) in [5.74, 6) is 0.657. The molecular formula is C10H16ClN3O2. The highest BCUT2D eigenvalue weighted by Gasteiger charge is 2.14. The smallest absolute Gasteiger partial charge is 0.155 e. The first-order valence-corrected chi connectivity index (χ1v) is 5.45. The molecule has 1 aromatic heterocycles. The van der Waals surface area contributed by atoms with Gasteiger partial charge in [0, 0.05) is 13.1 Å². The third-order valence-electron chi connectivity index (χ3n) is 2.48. The van der Waals surface area contributed by atoms with Crippen LogP contribution in [0.1, 0.15) is 11.1 Å². The molecule has 0 unspecified atom stereocenters. The molecule has 6 heteroatoms. The SMILES string of the molecule is Cc1c(Cl)nnc(N(CCO)CCO)c1C. The molecule has 0 aliphatic heterocycles. The summed E-state index contributed by atoms with van der Waals surface area (Å²) < 4.78 is 0. The molecule has 0 amide bonds. The fraction of sp³-hybridized carbons (Fsp3) is 0.600. The number of hydrogen-bond acceptors (Lipinski definition) is 5. The molecule has 0 bridgehead atoms. The zero-order valence-electron chi connectivity index (χ0n) is 9.44. The second-order valence-electron chi connectivity index (χ2n) is 3.50. The summed E-state index contributed by atoms with van der Waals surface area (Å²) in [7, 11) is 0. The highest BCUT2D eigenvalue weighted by atomic mass is 35.5. The number of aromatic nitrogens is 2. The molecule has 0 radical (unpaired) electrons. The van der Waals surface area contributed by atoms with Crippen LogP contribution in [0.3, 0.4) is 0 Å². The van der Waals surface area contributed by atoms with E-state index in [4.69, 9.17) is 21.8 Å². The Morgan fingerprint density at radius 2 is 1.62 bits per heavy atom. The van der Waals surface area contributed by atoms with Crippen LogP contribution in [0.2, 0.25) is 5.15 Å². The molecule has 0 atom stereocenters. The van der Waals surface area contributed by atoms with Crippen molar-refractivity contribution in [3.63, 3.8) is 0 Å². The Hall–Kier alpha value is -0.910. The molecule has 0 spiro atoms. The average molecular weight is 246 g/mol. The van der Waals surface area contributed by atoms with E-state index in [0.717, 1.165) is 11.1 Å². The van der Waals surface area contributed by atoms with Gasteiger partial charge < -0.3 is 15.1 Å². The molecule has 16 heavy (non-hydrogen) atoms. The Balaban J connectivity index is 3.04. The molecule has 1 rings (SSSR count). The van der Waals surface area contributed by atoms with Crippen LogP contribution in [0, 0.1) is 13.8 Å². The van der Waals surface area contributed by atoms with Gasteiger partial charge in [-0.15, -0.1) is 10.2 Å². The number of aliphatic hydroxyl groups excluding tert-OH is 2. The van der Waals surface area contributed by atoms with E-state index in [1.165, 1.54) is 0 Å². The van der Waals surface area contributed by atoms with E-state index in [0.29, 0.717) is 24.1 Å². The average Bonchev–Trinajstić information content (AvgIpc) is 2.26. The summed E-state index contributed by atoms with van der Waals surface area (Å²) >= 11 is 5.85. The van der Waals surface area contributed by atoms with Crippen molar-refractivity contribution in [3.8, 4) is 0 Å². The Morgan fingerprint density at radius 1 is 1.06 bits per heavy atom. The van der Waals surface area contributed by atoms with Gasteiger partial charge in [0.05, 0.1) is 13.2 Å². The van der Waals surface area contributed by atoms with Gasteiger partial charge in [0.2, 0.25) is 0 Å². The van der Waals surface area contributed by atoms with Crippen molar-refractivity contribution in [1.82, 2.24) is 10.2 Å². The third kappa shape index (κ3) is 2.81. The van der Waals surface area contributed by atoms with Gasteiger partial charge in [0.25, 0.3) is 0 Å². The van der Waals surface area contributed by atoms with Crippen LogP contribution in [-0.4, -0.2) is 46.7 Å². The lowest BCUT2D eigenvalue weighted by Crippen LogP contribution is -2.31. The quantitative estimate of drug-likeness (QED) is 0.792.